The Morgan fingerprint density at radius 3 is 2.95 bits per heavy atom. The molecular weight excluding hydrogens is 238 g/mol. The van der Waals surface area contributed by atoms with Crippen LogP contribution in [0.2, 0.25) is 0 Å². The molecule has 4 nitrogen and oxygen atoms in total. The van der Waals surface area contributed by atoms with Crippen LogP contribution in [0.1, 0.15) is 36.2 Å². The number of fused-ring (bicyclic) bond motifs is 1. The van der Waals surface area contributed by atoms with Gasteiger partial charge in [-0.15, -0.1) is 0 Å². The summed E-state index contributed by atoms with van der Waals surface area (Å²) in [6, 6.07) is 8.86. The Bertz CT molecular complexity index is 578. The van der Waals surface area contributed by atoms with Gasteiger partial charge < -0.3 is 15.0 Å². The van der Waals surface area contributed by atoms with Gasteiger partial charge in [0.25, 0.3) is 0 Å². The van der Waals surface area contributed by atoms with Crippen molar-refractivity contribution in [2.75, 3.05) is 5.32 Å². The second kappa shape index (κ2) is 4.10. The summed E-state index contributed by atoms with van der Waals surface area (Å²) in [5.74, 6) is 0. The molecule has 0 spiro atoms. The highest BCUT2D eigenvalue weighted by atomic mass is 16.3. The minimum Gasteiger partial charge on any atom is -0.385 e. The van der Waals surface area contributed by atoms with E-state index in [0.717, 1.165) is 17.8 Å². The molecule has 0 saturated heterocycles. The SMILES string of the molecule is OC(c1cncn1C1CC1)C1Cc2ccccc2N1. The van der Waals surface area contributed by atoms with Crippen LogP contribution < -0.4 is 5.32 Å². The zero-order valence-corrected chi connectivity index (χ0v) is 10.7. The van der Waals surface area contributed by atoms with E-state index in [2.05, 4.69) is 27.0 Å². The first-order chi connectivity index (χ1) is 9.33. The van der Waals surface area contributed by atoms with E-state index in [9.17, 15) is 5.11 Å². The predicted octanol–water partition coefficient (Wildman–Crippen LogP) is 2.29. The quantitative estimate of drug-likeness (QED) is 0.884. The minimum absolute atomic E-state index is 0.0478. The van der Waals surface area contributed by atoms with Crippen LogP contribution in [0.3, 0.4) is 0 Å². The van der Waals surface area contributed by atoms with Crippen LogP contribution in [-0.4, -0.2) is 20.7 Å². The van der Waals surface area contributed by atoms with Crippen LogP contribution in [0, 0.1) is 0 Å². The summed E-state index contributed by atoms with van der Waals surface area (Å²) < 4.78 is 2.13. The van der Waals surface area contributed by atoms with Crippen molar-refractivity contribution in [1.82, 2.24) is 9.55 Å². The number of aliphatic hydroxyl groups is 1. The van der Waals surface area contributed by atoms with Gasteiger partial charge >= 0.3 is 0 Å². The Hall–Kier alpha value is -1.81. The number of nitrogens with one attached hydrogen (secondary N) is 1. The highest BCUT2D eigenvalue weighted by Gasteiger charge is 2.33. The fraction of sp³-hybridized carbons (Fsp3) is 0.400. The second-order valence-electron chi connectivity index (χ2n) is 5.51. The molecule has 1 fully saturated rings. The summed E-state index contributed by atoms with van der Waals surface area (Å²) in [6.45, 7) is 0. The molecule has 1 aromatic carbocycles. The van der Waals surface area contributed by atoms with Gasteiger partial charge in [-0.3, -0.25) is 0 Å². The highest BCUT2D eigenvalue weighted by Crippen LogP contribution is 2.38. The van der Waals surface area contributed by atoms with E-state index in [1.165, 1.54) is 18.4 Å². The van der Waals surface area contributed by atoms with Gasteiger partial charge in [0, 0.05) is 11.7 Å². The Labute approximate surface area is 112 Å². The second-order valence-corrected chi connectivity index (χ2v) is 5.51. The molecule has 2 heterocycles. The van der Waals surface area contributed by atoms with Gasteiger partial charge in [0.05, 0.1) is 24.3 Å². The van der Waals surface area contributed by atoms with Gasteiger partial charge in [-0.2, -0.15) is 0 Å². The van der Waals surface area contributed by atoms with Crippen molar-refractivity contribution in [2.45, 2.75) is 37.5 Å². The predicted molar refractivity (Wildman–Crippen MR) is 73.0 cm³/mol. The van der Waals surface area contributed by atoms with E-state index >= 15 is 0 Å². The number of imidazole rings is 1. The maximum atomic E-state index is 10.6. The van der Waals surface area contributed by atoms with Crippen LogP contribution in [0.15, 0.2) is 36.8 Å². The number of para-hydroxylation sites is 1. The first-order valence-corrected chi connectivity index (χ1v) is 6.87. The molecule has 0 amide bonds. The van der Waals surface area contributed by atoms with Gasteiger partial charge in [0.1, 0.15) is 6.10 Å². The molecule has 98 valence electrons. The largest absolute Gasteiger partial charge is 0.385 e. The Balaban J connectivity index is 1.59. The van der Waals surface area contributed by atoms with Crippen molar-refractivity contribution in [3.63, 3.8) is 0 Å². The average molecular weight is 255 g/mol. The number of anilines is 1. The van der Waals surface area contributed by atoms with Crippen LogP contribution in [0.4, 0.5) is 5.69 Å². The lowest BCUT2D eigenvalue weighted by molar-refractivity contribution is 0.147. The molecule has 2 aromatic rings. The zero-order valence-electron chi connectivity index (χ0n) is 10.7. The van der Waals surface area contributed by atoms with Gasteiger partial charge in [0.15, 0.2) is 0 Å². The summed E-state index contributed by atoms with van der Waals surface area (Å²) in [6.07, 6.45) is 6.41. The van der Waals surface area contributed by atoms with Crippen LogP contribution in [0.5, 0.6) is 0 Å². The number of hydrogen-bond acceptors (Lipinski definition) is 3. The van der Waals surface area contributed by atoms with Gasteiger partial charge in [-0.25, -0.2) is 4.98 Å². The molecule has 2 unspecified atom stereocenters. The van der Waals surface area contributed by atoms with Crippen molar-refractivity contribution in [3.8, 4) is 0 Å². The number of aliphatic hydroxyl groups excluding tert-OH is 1. The standard InChI is InChI=1S/C15H17N3O/c19-15(14-8-16-9-18(14)11-5-6-11)13-7-10-3-1-2-4-12(10)17-13/h1-4,8-9,11,13,15,17,19H,5-7H2. The van der Waals surface area contributed by atoms with Crippen molar-refractivity contribution in [2.24, 2.45) is 0 Å². The van der Waals surface area contributed by atoms with E-state index < -0.39 is 6.10 Å². The summed E-state index contributed by atoms with van der Waals surface area (Å²) in [5, 5.41) is 14.0. The molecule has 4 heteroatoms. The molecule has 2 aliphatic rings. The van der Waals surface area contributed by atoms with Crippen LogP contribution in [0.25, 0.3) is 0 Å². The lowest BCUT2D eigenvalue weighted by Gasteiger charge is -2.20. The van der Waals surface area contributed by atoms with Gasteiger partial charge in [-0.1, -0.05) is 18.2 Å². The third kappa shape index (κ3) is 1.83. The minimum atomic E-state index is -0.504. The van der Waals surface area contributed by atoms with Crippen molar-refractivity contribution >= 4 is 5.69 Å². The number of benzene rings is 1. The van der Waals surface area contributed by atoms with E-state index in [0.29, 0.717) is 6.04 Å². The molecule has 0 bridgehead atoms. The number of rotatable bonds is 3. The maximum absolute atomic E-state index is 10.6. The van der Waals surface area contributed by atoms with Gasteiger partial charge in [0.2, 0.25) is 0 Å². The first-order valence-electron chi connectivity index (χ1n) is 6.87. The van der Waals surface area contributed by atoms with E-state index in [4.69, 9.17) is 0 Å². The summed E-state index contributed by atoms with van der Waals surface area (Å²) in [4.78, 5) is 4.20. The van der Waals surface area contributed by atoms with Crippen molar-refractivity contribution in [3.05, 3.63) is 48.0 Å². The first kappa shape index (κ1) is 11.1. The molecule has 0 radical (unpaired) electrons. The number of hydrogen-bond donors (Lipinski definition) is 2. The molecular formula is C15H17N3O. The highest BCUT2D eigenvalue weighted by molar-refractivity contribution is 5.57. The Morgan fingerprint density at radius 1 is 1.32 bits per heavy atom. The molecule has 1 aliphatic heterocycles. The zero-order chi connectivity index (χ0) is 12.8. The fourth-order valence-electron chi connectivity index (χ4n) is 2.93. The Kier molecular flexibility index (Phi) is 2.38. The lowest BCUT2D eigenvalue weighted by Crippen LogP contribution is -2.26. The smallest absolute Gasteiger partial charge is 0.116 e. The fourth-order valence-corrected chi connectivity index (χ4v) is 2.93. The molecule has 1 aliphatic carbocycles. The van der Waals surface area contributed by atoms with Crippen molar-refractivity contribution in [1.29, 1.82) is 0 Å². The van der Waals surface area contributed by atoms with Crippen LogP contribution >= 0.6 is 0 Å². The molecule has 4 rings (SSSR count). The summed E-state index contributed by atoms with van der Waals surface area (Å²) in [5.41, 5.74) is 3.36. The average Bonchev–Trinajstić information content (AvgIpc) is 3.02. The van der Waals surface area contributed by atoms with E-state index in [1.807, 2.05) is 18.5 Å². The molecule has 2 N–H and O–H groups in total. The molecule has 19 heavy (non-hydrogen) atoms. The summed E-state index contributed by atoms with van der Waals surface area (Å²) >= 11 is 0. The normalized spacial score (nSPS) is 22.9. The number of aromatic nitrogens is 2. The maximum Gasteiger partial charge on any atom is 0.116 e. The lowest BCUT2D eigenvalue weighted by atomic mass is 10.0. The Morgan fingerprint density at radius 2 is 2.16 bits per heavy atom. The molecule has 2 atom stereocenters. The third-order valence-corrected chi connectivity index (χ3v) is 4.12. The van der Waals surface area contributed by atoms with Crippen LogP contribution in [-0.2, 0) is 6.42 Å². The number of nitrogens with zero attached hydrogens (tertiary/aromatic N) is 2. The topological polar surface area (TPSA) is 50.1 Å². The monoisotopic (exact) mass is 255 g/mol. The van der Waals surface area contributed by atoms with E-state index in [1.54, 1.807) is 6.20 Å². The van der Waals surface area contributed by atoms with Gasteiger partial charge in [-0.05, 0) is 30.9 Å². The molecule has 1 saturated carbocycles. The summed E-state index contributed by atoms with van der Waals surface area (Å²) in [7, 11) is 0. The molecule has 1 aromatic heterocycles. The van der Waals surface area contributed by atoms with Crippen molar-refractivity contribution < 1.29 is 5.11 Å². The van der Waals surface area contributed by atoms with E-state index in [-0.39, 0.29) is 6.04 Å². The third-order valence-electron chi connectivity index (χ3n) is 4.12.